The Hall–Kier alpha value is -2.25. The third-order valence-corrected chi connectivity index (χ3v) is 3.93. The molecule has 0 saturated heterocycles. The number of aliphatic carboxylic acids is 1. The summed E-state index contributed by atoms with van der Waals surface area (Å²) in [4.78, 5) is 22.3. The molecule has 5 nitrogen and oxygen atoms in total. The SMILES string of the molecule is O=C(O)CCNC(=O)NC1(c2cccc(C(F)(F)F)c2)CCC1. The third kappa shape index (κ3) is 4.14. The number of rotatable bonds is 5. The molecule has 8 heteroatoms. The maximum Gasteiger partial charge on any atom is 0.416 e. The highest BCUT2D eigenvalue weighted by molar-refractivity contribution is 5.76. The molecule has 0 radical (unpaired) electrons. The molecule has 1 aromatic carbocycles. The Morgan fingerprint density at radius 2 is 1.96 bits per heavy atom. The van der Waals surface area contributed by atoms with Crippen molar-refractivity contribution in [3.63, 3.8) is 0 Å². The number of carbonyl (C=O) groups excluding carboxylic acids is 1. The predicted molar refractivity (Wildman–Crippen MR) is 75.8 cm³/mol. The van der Waals surface area contributed by atoms with E-state index in [1.54, 1.807) is 6.07 Å². The Morgan fingerprint density at radius 1 is 1.26 bits per heavy atom. The smallest absolute Gasteiger partial charge is 0.416 e. The van der Waals surface area contributed by atoms with Gasteiger partial charge in [0.05, 0.1) is 17.5 Å². The molecular weight excluding hydrogens is 313 g/mol. The molecule has 0 unspecified atom stereocenters. The van der Waals surface area contributed by atoms with Gasteiger partial charge in [-0.25, -0.2) is 4.79 Å². The summed E-state index contributed by atoms with van der Waals surface area (Å²) in [5.41, 5.74) is -1.17. The van der Waals surface area contributed by atoms with Gasteiger partial charge >= 0.3 is 18.2 Å². The summed E-state index contributed by atoms with van der Waals surface area (Å²) < 4.78 is 38.5. The van der Waals surface area contributed by atoms with E-state index in [2.05, 4.69) is 10.6 Å². The number of benzene rings is 1. The highest BCUT2D eigenvalue weighted by Gasteiger charge is 2.41. The number of urea groups is 1. The number of hydrogen-bond donors (Lipinski definition) is 3. The van der Waals surface area contributed by atoms with Crippen LogP contribution in [0.15, 0.2) is 24.3 Å². The van der Waals surface area contributed by atoms with E-state index in [1.165, 1.54) is 6.07 Å². The van der Waals surface area contributed by atoms with Crippen LogP contribution in [0.4, 0.5) is 18.0 Å². The quantitative estimate of drug-likeness (QED) is 0.777. The number of halogens is 3. The van der Waals surface area contributed by atoms with Gasteiger partial charge in [-0.05, 0) is 37.0 Å². The second kappa shape index (κ2) is 6.47. The van der Waals surface area contributed by atoms with Gasteiger partial charge in [0.2, 0.25) is 0 Å². The van der Waals surface area contributed by atoms with Crippen LogP contribution in [0.2, 0.25) is 0 Å². The third-order valence-electron chi connectivity index (χ3n) is 3.93. The molecule has 126 valence electrons. The van der Waals surface area contributed by atoms with Gasteiger partial charge < -0.3 is 15.7 Å². The average Bonchev–Trinajstić information content (AvgIpc) is 2.41. The van der Waals surface area contributed by atoms with Gasteiger partial charge in [0.25, 0.3) is 0 Å². The minimum absolute atomic E-state index is 0.0418. The van der Waals surface area contributed by atoms with Crippen LogP contribution in [0.3, 0.4) is 0 Å². The number of carboxylic acid groups (broad SMARTS) is 1. The fraction of sp³-hybridized carbons (Fsp3) is 0.467. The first-order valence-electron chi connectivity index (χ1n) is 7.18. The molecule has 3 N–H and O–H groups in total. The second-order valence-corrected chi connectivity index (χ2v) is 5.54. The van der Waals surface area contributed by atoms with Crippen molar-refractivity contribution < 1.29 is 27.9 Å². The predicted octanol–water partition coefficient (Wildman–Crippen LogP) is 2.86. The highest BCUT2D eigenvalue weighted by atomic mass is 19.4. The Labute approximate surface area is 130 Å². The van der Waals surface area contributed by atoms with Gasteiger partial charge in [-0.15, -0.1) is 0 Å². The summed E-state index contributed by atoms with van der Waals surface area (Å²) in [5.74, 6) is -1.04. The number of carbonyl (C=O) groups is 2. The minimum Gasteiger partial charge on any atom is -0.481 e. The van der Waals surface area contributed by atoms with Crippen LogP contribution in [-0.2, 0) is 16.5 Å². The van der Waals surface area contributed by atoms with Crippen LogP contribution >= 0.6 is 0 Å². The Kier molecular flexibility index (Phi) is 4.82. The first kappa shape index (κ1) is 17.1. The lowest BCUT2D eigenvalue weighted by Gasteiger charge is -2.43. The van der Waals surface area contributed by atoms with Crippen molar-refractivity contribution in [2.75, 3.05) is 6.54 Å². The molecule has 0 aliphatic heterocycles. The van der Waals surface area contributed by atoms with Gasteiger partial charge in [0.15, 0.2) is 0 Å². The zero-order valence-electron chi connectivity index (χ0n) is 12.2. The molecule has 2 amide bonds. The van der Waals surface area contributed by atoms with Crippen LogP contribution in [0.25, 0.3) is 0 Å². The number of hydrogen-bond acceptors (Lipinski definition) is 2. The fourth-order valence-corrected chi connectivity index (χ4v) is 2.55. The standard InChI is InChI=1S/C15H17F3N2O3/c16-15(17,18)11-4-1-3-10(9-11)14(6-2-7-14)20-13(23)19-8-5-12(21)22/h1,3-4,9H,2,5-8H2,(H,21,22)(H2,19,20,23). The lowest BCUT2D eigenvalue weighted by atomic mass is 9.71. The number of nitrogens with one attached hydrogen (secondary N) is 2. The molecule has 1 aromatic rings. The summed E-state index contributed by atoms with van der Waals surface area (Å²) in [6.45, 7) is -0.0418. The molecular formula is C15H17F3N2O3. The molecule has 1 fully saturated rings. The molecule has 2 rings (SSSR count). The zero-order chi connectivity index (χ0) is 17.1. The molecule has 1 saturated carbocycles. The first-order valence-corrected chi connectivity index (χ1v) is 7.18. The van der Waals surface area contributed by atoms with Gasteiger partial charge in [0, 0.05) is 6.54 Å². The zero-order valence-corrected chi connectivity index (χ0v) is 12.2. The van der Waals surface area contributed by atoms with E-state index in [1.807, 2.05) is 0 Å². The molecule has 23 heavy (non-hydrogen) atoms. The van der Waals surface area contributed by atoms with Crippen molar-refractivity contribution in [3.8, 4) is 0 Å². The van der Waals surface area contributed by atoms with Crippen LogP contribution in [-0.4, -0.2) is 23.7 Å². The molecule has 0 heterocycles. The number of amides is 2. The van der Waals surface area contributed by atoms with Gasteiger partial charge in [-0.2, -0.15) is 13.2 Å². The normalized spacial score (nSPS) is 16.3. The van der Waals surface area contributed by atoms with Crippen LogP contribution in [0, 0.1) is 0 Å². The lowest BCUT2D eigenvalue weighted by Crippen LogP contribution is -2.54. The fourth-order valence-electron chi connectivity index (χ4n) is 2.55. The molecule has 0 aromatic heterocycles. The molecule has 1 aliphatic rings. The number of alkyl halides is 3. The Bertz CT molecular complexity index is 598. The van der Waals surface area contributed by atoms with Gasteiger partial charge in [0.1, 0.15) is 0 Å². The highest BCUT2D eigenvalue weighted by Crippen LogP contribution is 2.42. The molecule has 1 aliphatic carbocycles. The maximum atomic E-state index is 12.8. The van der Waals surface area contributed by atoms with Crippen LogP contribution < -0.4 is 10.6 Å². The van der Waals surface area contributed by atoms with E-state index in [-0.39, 0.29) is 13.0 Å². The molecule has 0 atom stereocenters. The van der Waals surface area contributed by atoms with Crippen LogP contribution in [0.1, 0.15) is 36.8 Å². The maximum absolute atomic E-state index is 12.8. The van der Waals surface area contributed by atoms with E-state index < -0.39 is 29.3 Å². The Balaban J connectivity index is 2.09. The average molecular weight is 330 g/mol. The van der Waals surface area contributed by atoms with Gasteiger partial charge in [-0.1, -0.05) is 12.1 Å². The summed E-state index contributed by atoms with van der Waals surface area (Å²) >= 11 is 0. The first-order chi connectivity index (χ1) is 10.7. The van der Waals surface area contributed by atoms with Gasteiger partial charge in [-0.3, -0.25) is 4.79 Å². The monoisotopic (exact) mass is 330 g/mol. The lowest BCUT2D eigenvalue weighted by molar-refractivity contribution is -0.138. The summed E-state index contributed by atoms with van der Waals surface area (Å²) in [5, 5.41) is 13.6. The summed E-state index contributed by atoms with van der Waals surface area (Å²) in [7, 11) is 0. The van der Waals surface area contributed by atoms with E-state index in [0.717, 1.165) is 18.6 Å². The van der Waals surface area contributed by atoms with E-state index in [4.69, 9.17) is 5.11 Å². The van der Waals surface area contributed by atoms with E-state index >= 15 is 0 Å². The second-order valence-electron chi connectivity index (χ2n) is 5.54. The van der Waals surface area contributed by atoms with Crippen molar-refractivity contribution in [1.82, 2.24) is 10.6 Å². The van der Waals surface area contributed by atoms with Crippen molar-refractivity contribution >= 4 is 12.0 Å². The van der Waals surface area contributed by atoms with Crippen molar-refractivity contribution in [3.05, 3.63) is 35.4 Å². The van der Waals surface area contributed by atoms with Crippen LogP contribution in [0.5, 0.6) is 0 Å². The minimum atomic E-state index is -4.44. The van der Waals surface area contributed by atoms with E-state index in [0.29, 0.717) is 18.4 Å². The Morgan fingerprint density at radius 3 is 2.48 bits per heavy atom. The molecule has 0 bridgehead atoms. The largest absolute Gasteiger partial charge is 0.481 e. The van der Waals surface area contributed by atoms with E-state index in [9.17, 15) is 22.8 Å². The van der Waals surface area contributed by atoms with Crippen molar-refractivity contribution in [2.24, 2.45) is 0 Å². The topological polar surface area (TPSA) is 78.4 Å². The van der Waals surface area contributed by atoms with Crippen molar-refractivity contribution in [1.29, 1.82) is 0 Å². The summed E-state index contributed by atoms with van der Waals surface area (Å²) in [6.07, 6.45) is -2.78. The van der Waals surface area contributed by atoms with Crippen molar-refractivity contribution in [2.45, 2.75) is 37.4 Å². The summed E-state index contributed by atoms with van der Waals surface area (Å²) in [6, 6.07) is 4.34. The number of carboxylic acids is 1. The molecule has 0 spiro atoms.